The van der Waals surface area contributed by atoms with E-state index in [9.17, 15) is 22.8 Å². The molecule has 0 saturated carbocycles. The maximum atomic E-state index is 14.5. The number of methoxy groups -OCH3 is 1. The molecule has 1 heterocycles. The molecule has 0 aliphatic heterocycles. The molecule has 0 spiro atoms. The Hall–Kier alpha value is -3.59. The molecule has 0 atom stereocenters. The lowest BCUT2D eigenvalue weighted by molar-refractivity contribution is 0.101. The number of ketones is 1. The molecule has 162 valence electrons. The van der Waals surface area contributed by atoms with E-state index in [1.165, 1.54) is 19.2 Å². The van der Waals surface area contributed by atoms with Crippen molar-refractivity contribution in [3.8, 4) is 11.4 Å². The molecule has 4 aromatic rings. The molecule has 5 nitrogen and oxygen atoms in total. The highest BCUT2D eigenvalue weighted by Crippen LogP contribution is 2.26. The van der Waals surface area contributed by atoms with E-state index in [4.69, 9.17) is 4.74 Å². The van der Waals surface area contributed by atoms with Crippen LogP contribution in [0.4, 0.5) is 13.2 Å². The zero-order chi connectivity index (χ0) is 22.8. The molecule has 0 unspecified atom stereocenters. The van der Waals surface area contributed by atoms with Crippen molar-refractivity contribution in [3.63, 3.8) is 0 Å². The quantitative estimate of drug-likeness (QED) is 0.237. The lowest BCUT2D eigenvalue weighted by Crippen LogP contribution is -2.23. The maximum absolute atomic E-state index is 14.5. The van der Waals surface area contributed by atoms with Crippen LogP contribution in [0.2, 0.25) is 0 Å². The number of hydrogen-bond donors (Lipinski definition) is 0. The molecule has 0 saturated heterocycles. The predicted octanol–water partition coefficient (Wildman–Crippen LogP) is 4.79. The van der Waals surface area contributed by atoms with Gasteiger partial charge in [0.25, 0.3) is 5.56 Å². The van der Waals surface area contributed by atoms with Crippen molar-refractivity contribution < 1.29 is 22.7 Å². The van der Waals surface area contributed by atoms with Crippen molar-refractivity contribution in [2.75, 3.05) is 12.9 Å². The number of para-hydroxylation sites is 1. The summed E-state index contributed by atoms with van der Waals surface area (Å²) < 4.78 is 47.7. The number of nitrogens with zero attached hydrogens (tertiary/aromatic N) is 2. The minimum absolute atomic E-state index is 0.0302. The molecule has 3 aromatic carbocycles. The van der Waals surface area contributed by atoms with Gasteiger partial charge in [0.15, 0.2) is 10.9 Å². The molecule has 0 bridgehead atoms. The Morgan fingerprint density at radius 2 is 1.75 bits per heavy atom. The lowest BCUT2D eigenvalue weighted by atomic mass is 10.1. The van der Waals surface area contributed by atoms with Crippen molar-refractivity contribution in [1.82, 2.24) is 9.55 Å². The predicted molar refractivity (Wildman–Crippen MR) is 115 cm³/mol. The number of hydrogen-bond acceptors (Lipinski definition) is 5. The average Bonchev–Trinajstić information content (AvgIpc) is 2.78. The largest absolute Gasteiger partial charge is 0.496 e. The summed E-state index contributed by atoms with van der Waals surface area (Å²) in [5.41, 5.74) is -0.385. The molecule has 32 heavy (non-hydrogen) atoms. The third-order valence-electron chi connectivity index (χ3n) is 4.69. The van der Waals surface area contributed by atoms with Crippen LogP contribution in [-0.4, -0.2) is 28.2 Å². The minimum atomic E-state index is -0.954. The molecule has 1 aromatic heterocycles. The number of ether oxygens (including phenoxy) is 1. The van der Waals surface area contributed by atoms with Crippen molar-refractivity contribution in [1.29, 1.82) is 0 Å². The molecular formula is C23H15F3N2O3S. The van der Waals surface area contributed by atoms with E-state index in [0.29, 0.717) is 11.6 Å². The van der Waals surface area contributed by atoms with E-state index in [1.807, 2.05) is 0 Å². The first kappa shape index (κ1) is 21.6. The topological polar surface area (TPSA) is 61.2 Å². The van der Waals surface area contributed by atoms with Gasteiger partial charge in [-0.25, -0.2) is 18.2 Å². The number of halogens is 3. The molecule has 0 N–H and O–H groups in total. The summed E-state index contributed by atoms with van der Waals surface area (Å²) in [6.45, 7) is 0. The van der Waals surface area contributed by atoms with E-state index in [2.05, 4.69) is 4.98 Å². The van der Waals surface area contributed by atoms with E-state index in [-0.39, 0.29) is 33.3 Å². The number of thioether (sulfide) groups is 1. The van der Waals surface area contributed by atoms with Gasteiger partial charge in [0.2, 0.25) is 0 Å². The van der Waals surface area contributed by atoms with Crippen LogP contribution in [0.1, 0.15) is 10.4 Å². The summed E-state index contributed by atoms with van der Waals surface area (Å²) in [6, 6.07) is 12.9. The maximum Gasteiger partial charge on any atom is 0.266 e. The van der Waals surface area contributed by atoms with Gasteiger partial charge in [0.1, 0.15) is 23.2 Å². The summed E-state index contributed by atoms with van der Waals surface area (Å²) >= 11 is 0.876. The smallest absolute Gasteiger partial charge is 0.266 e. The van der Waals surface area contributed by atoms with E-state index >= 15 is 0 Å². The van der Waals surface area contributed by atoms with Crippen LogP contribution in [0.3, 0.4) is 0 Å². The Balaban J connectivity index is 1.79. The second-order valence-corrected chi connectivity index (χ2v) is 7.65. The van der Waals surface area contributed by atoms with Crippen LogP contribution in [-0.2, 0) is 0 Å². The highest BCUT2D eigenvalue weighted by molar-refractivity contribution is 7.99. The first-order chi connectivity index (χ1) is 15.4. The van der Waals surface area contributed by atoms with E-state index in [1.54, 1.807) is 24.3 Å². The summed E-state index contributed by atoms with van der Waals surface area (Å²) in [7, 11) is 1.36. The first-order valence-electron chi connectivity index (χ1n) is 9.36. The summed E-state index contributed by atoms with van der Waals surface area (Å²) in [5.74, 6) is -2.86. The number of aromatic nitrogens is 2. The second kappa shape index (κ2) is 8.88. The van der Waals surface area contributed by atoms with Crippen LogP contribution in [0.5, 0.6) is 5.75 Å². The van der Waals surface area contributed by atoms with Gasteiger partial charge in [-0.2, -0.15) is 0 Å². The Labute approximate surface area is 184 Å². The molecule has 0 amide bonds. The Morgan fingerprint density at radius 1 is 1.03 bits per heavy atom. The van der Waals surface area contributed by atoms with Crippen LogP contribution < -0.4 is 10.3 Å². The second-order valence-electron chi connectivity index (χ2n) is 6.70. The third-order valence-corrected chi connectivity index (χ3v) is 5.63. The number of benzene rings is 3. The zero-order valence-corrected chi connectivity index (χ0v) is 17.5. The highest BCUT2D eigenvalue weighted by atomic mass is 32.2. The Morgan fingerprint density at radius 3 is 2.50 bits per heavy atom. The van der Waals surface area contributed by atoms with Gasteiger partial charge in [0, 0.05) is 6.07 Å². The van der Waals surface area contributed by atoms with E-state index in [0.717, 1.165) is 34.5 Å². The van der Waals surface area contributed by atoms with Crippen LogP contribution in [0.25, 0.3) is 16.6 Å². The fraction of sp³-hybridized carbons (Fsp3) is 0.0870. The van der Waals surface area contributed by atoms with Crippen molar-refractivity contribution in [3.05, 3.63) is 94.0 Å². The summed E-state index contributed by atoms with van der Waals surface area (Å²) in [5, 5.41) is 0.265. The summed E-state index contributed by atoms with van der Waals surface area (Å²) in [6.07, 6.45) is 0. The van der Waals surface area contributed by atoms with Crippen molar-refractivity contribution in [2.24, 2.45) is 0 Å². The SMILES string of the molecule is COc1ccc(F)cc1C(=O)CSc1nc2ccccc2c(=O)n1-c1ccc(F)cc1F. The van der Waals surface area contributed by atoms with Gasteiger partial charge in [0.05, 0.1) is 35.0 Å². The standard InChI is InChI=1S/C23H15F3N2O3S/c1-31-21-9-7-13(24)10-16(21)20(29)12-32-23-27-18-5-3-2-4-15(18)22(30)28(23)19-8-6-14(25)11-17(19)26/h2-11H,12H2,1H3. The fourth-order valence-corrected chi connectivity index (χ4v) is 4.08. The minimum Gasteiger partial charge on any atom is -0.496 e. The lowest BCUT2D eigenvalue weighted by Gasteiger charge is -2.14. The number of rotatable bonds is 6. The first-order valence-corrected chi connectivity index (χ1v) is 10.3. The molecule has 0 aliphatic carbocycles. The molecule has 0 aliphatic rings. The Bertz CT molecular complexity index is 1410. The van der Waals surface area contributed by atoms with Gasteiger partial charge >= 0.3 is 0 Å². The van der Waals surface area contributed by atoms with Crippen LogP contribution in [0, 0.1) is 17.5 Å². The number of carbonyl (C=O) groups is 1. The average molecular weight is 456 g/mol. The van der Waals surface area contributed by atoms with Gasteiger partial charge in [-0.3, -0.25) is 14.2 Å². The van der Waals surface area contributed by atoms with Gasteiger partial charge in [-0.15, -0.1) is 0 Å². The molecule has 0 radical (unpaired) electrons. The number of carbonyl (C=O) groups excluding carboxylic acids is 1. The van der Waals surface area contributed by atoms with Gasteiger partial charge in [-0.1, -0.05) is 23.9 Å². The fourth-order valence-electron chi connectivity index (χ4n) is 3.19. The highest BCUT2D eigenvalue weighted by Gasteiger charge is 2.19. The van der Waals surface area contributed by atoms with E-state index < -0.39 is 28.8 Å². The molecule has 0 fully saturated rings. The zero-order valence-electron chi connectivity index (χ0n) is 16.6. The molecule has 9 heteroatoms. The van der Waals surface area contributed by atoms with Crippen molar-refractivity contribution in [2.45, 2.75) is 5.16 Å². The van der Waals surface area contributed by atoms with Gasteiger partial charge in [-0.05, 0) is 42.5 Å². The molecular weight excluding hydrogens is 441 g/mol. The molecule has 4 rings (SSSR count). The monoisotopic (exact) mass is 456 g/mol. The summed E-state index contributed by atoms with van der Waals surface area (Å²) in [4.78, 5) is 30.3. The van der Waals surface area contributed by atoms with Crippen LogP contribution >= 0.6 is 11.8 Å². The Kier molecular flexibility index (Phi) is 6.00. The van der Waals surface area contributed by atoms with Crippen LogP contribution in [0.15, 0.2) is 70.6 Å². The normalized spacial score (nSPS) is 11.0. The van der Waals surface area contributed by atoms with Crippen molar-refractivity contribution >= 4 is 28.4 Å². The number of Topliss-reactive ketones (excluding diaryl/α,β-unsaturated/α-hetero) is 1. The number of fused-ring (bicyclic) bond motifs is 1. The van der Waals surface area contributed by atoms with Gasteiger partial charge < -0.3 is 4.74 Å². The third kappa shape index (κ3) is 4.11.